The fraction of sp³-hybridized carbons (Fsp3) is 0.583. The van der Waals surface area contributed by atoms with Gasteiger partial charge in [-0.1, -0.05) is 47.5 Å². The van der Waals surface area contributed by atoms with Crippen molar-refractivity contribution < 1.29 is 0 Å². The standard InChI is InChI=1S/C12H18BrClN2/c1-5-9-11(14)10(16(4)15-9)7-12(3,6-2)8-13/h6H,2,5,7-8H2,1,3-4H3. The number of alkyl halides is 1. The van der Waals surface area contributed by atoms with Crippen LogP contribution in [0, 0.1) is 5.41 Å². The Morgan fingerprint density at radius 1 is 1.62 bits per heavy atom. The summed E-state index contributed by atoms with van der Waals surface area (Å²) in [5.41, 5.74) is 2.07. The normalized spacial score (nSPS) is 14.8. The van der Waals surface area contributed by atoms with Crippen molar-refractivity contribution in [3.8, 4) is 0 Å². The molecule has 1 rings (SSSR count). The third-order valence-electron chi connectivity index (χ3n) is 2.87. The van der Waals surface area contributed by atoms with Crippen molar-refractivity contribution in [2.45, 2.75) is 26.7 Å². The topological polar surface area (TPSA) is 17.8 Å². The smallest absolute Gasteiger partial charge is 0.0850 e. The van der Waals surface area contributed by atoms with Gasteiger partial charge in [-0.25, -0.2) is 0 Å². The molecular formula is C12H18BrClN2. The van der Waals surface area contributed by atoms with Crippen LogP contribution in [0.3, 0.4) is 0 Å². The number of hydrogen-bond acceptors (Lipinski definition) is 1. The van der Waals surface area contributed by atoms with Crippen LogP contribution in [-0.4, -0.2) is 15.1 Å². The van der Waals surface area contributed by atoms with E-state index in [-0.39, 0.29) is 5.41 Å². The van der Waals surface area contributed by atoms with Gasteiger partial charge >= 0.3 is 0 Å². The van der Waals surface area contributed by atoms with E-state index in [4.69, 9.17) is 11.6 Å². The number of rotatable bonds is 5. The predicted molar refractivity (Wildman–Crippen MR) is 73.4 cm³/mol. The van der Waals surface area contributed by atoms with Crippen LogP contribution in [0.25, 0.3) is 0 Å². The molecule has 4 heteroatoms. The highest BCUT2D eigenvalue weighted by Crippen LogP contribution is 2.31. The van der Waals surface area contributed by atoms with E-state index in [2.05, 4.69) is 41.5 Å². The number of aromatic nitrogens is 2. The molecule has 1 heterocycles. The molecule has 0 aliphatic heterocycles. The van der Waals surface area contributed by atoms with Gasteiger partial charge in [0.15, 0.2) is 0 Å². The molecule has 0 amide bonds. The van der Waals surface area contributed by atoms with Gasteiger partial charge in [0.25, 0.3) is 0 Å². The SMILES string of the molecule is C=CC(C)(CBr)Cc1c(Cl)c(CC)nn1C. The Morgan fingerprint density at radius 3 is 2.62 bits per heavy atom. The maximum Gasteiger partial charge on any atom is 0.0850 e. The molecule has 2 nitrogen and oxygen atoms in total. The first kappa shape index (κ1) is 13.8. The van der Waals surface area contributed by atoms with Gasteiger partial charge < -0.3 is 0 Å². The molecule has 16 heavy (non-hydrogen) atoms. The summed E-state index contributed by atoms with van der Waals surface area (Å²) < 4.78 is 1.88. The summed E-state index contributed by atoms with van der Waals surface area (Å²) in [7, 11) is 1.94. The predicted octanol–water partition coefficient (Wildman–Crippen LogP) is 3.77. The van der Waals surface area contributed by atoms with Gasteiger partial charge in [-0.2, -0.15) is 5.10 Å². The van der Waals surface area contributed by atoms with Crippen molar-refractivity contribution in [1.29, 1.82) is 0 Å². The Labute approximate surface area is 111 Å². The highest BCUT2D eigenvalue weighted by atomic mass is 79.9. The lowest BCUT2D eigenvalue weighted by Crippen LogP contribution is -2.20. The second-order valence-electron chi connectivity index (χ2n) is 4.35. The Balaban J connectivity index is 3.05. The molecule has 0 aromatic carbocycles. The van der Waals surface area contributed by atoms with Crippen molar-refractivity contribution in [2.75, 3.05) is 5.33 Å². The highest BCUT2D eigenvalue weighted by molar-refractivity contribution is 9.09. The maximum absolute atomic E-state index is 6.32. The summed E-state index contributed by atoms with van der Waals surface area (Å²) in [6.45, 7) is 8.10. The van der Waals surface area contributed by atoms with Crippen LogP contribution in [0.2, 0.25) is 5.02 Å². The Hall–Kier alpha value is -0.280. The summed E-state index contributed by atoms with van der Waals surface area (Å²) in [6, 6.07) is 0. The van der Waals surface area contributed by atoms with E-state index in [0.717, 1.165) is 34.6 Å². The van der Waals surface area contributed by atoms with E-state index < -0.39 is 0 Å². The van der Waals surface area contributed by atoms with Crippen LogP contribution in [0.4, 0.5) is 0 Å². The molecule has 0 saturated heterocycles. The minimum atomic E-state index is 0.0163. The lowest BCUT2D eigenvalue weighted by molar-refractivity contribution is 0.472. The van der Waals surface area contributed by atoms with E-state index in [1.165, 1.54) is 0 Å². The maximum atomic E-state index is 6.32. The summed E-state index contributed by atoms with van der Waals surface area (Å²) in [5, 5.41) is 6.09. The molecule has 0 spiro atoms. The quantitative estimate of drug-likeness (QED) is 0.598. The van der Waals surface area contributed by atoms with E-state index in [1.54, 1.807) is 0 Å². The monoisotopic (exact) mass is 304 g/mol. The van der Waals surface area contributed by atoms with Crippen LogP contribution in [-0.2, 0) is 19.9 Å². The summed E-state index contributed by atoms with van der Waals surface area (Å²) in [4.78, 5) is 0. The van der Waals surface area contributed by atoms with Crippen LogP contribution < -0.4 is 0 Å². The molecule has 0 N–H and O–H groups in total. The fourth-order valence-corrected chi connectivity index (χ4v) is 2.36. The van der Waals surface area contributed by atoms with Crippen molar-refractivity contribution in [2.24, 2.45) is 12.5 Å². The first-order valence-electron chi connectivity index (χ1n) is 5.37. The summed E-state index contributed by atoms with van der Waals surface area (Å²) in [5.74, 6) is 0. The third kappa shape index (κ3) is 2.69. The van der Waals surface area contributed by atoms with Gasteiger partial charge in [-0.05, 0) is 6.42 Å². The van der Waals surface area contributed by atoms with Gasteiger partial charge in [-0.3, -0.25) is 4.68 Å². The molecule has 0 aliphatic rings. The van der Waals surface area contributed by atoms with Crippen molar-refractivity contribution in [3.05, 3.63) is 29.1 Å². The van der Waals surface area contributed by atoms with Crippen molar-refractivity contribution in [1.82, 2.24) is 9.78 Å². The second-order valence-corrected chi connectivity index (χ2v) is 5.29. The van der Waals surface area contributed by atoms with E-state index >= 15 is 0 Å². The first-order chi connectivity index (χ1) is 7.47. The molecule has 0 radical (unpaired) electrons. The van der Waals surface area contributed by atoms with Crippen molar-refractivity contribution >= 4 is 27.5 Å². The highest BCUT2D eigenvalue weighted by Gasteiger charge is 2.24. The first-order valence-corrected chi connectivity index (χ1v) is 6.87. The van der Waals surface area contributed by atoms with Gasteiger partial charge in [0.1, 0.15) is 0 Å². The number of hydrogen-bond donors (Lipinski definition) is 0. The zero-order valence-electron chi connectivity index (χ0n) is 10.1. The minimum absolute atomic E-state index is 0.0163. The second kappa shape index (κ2) is 5.37. The summed E-state index contributed by atoms with van der Waals surface area (Å²) >= 11 is 9.84. The molecule has 1 aromatic heterocycles. The summed E-state index contributed by atoms with van der Waals surface area (Å²) in [6.07, 6.45) is 3.69. The average molecular weight is 306 g/mol. The lowest BCUT2D eigenvalue weighted by Gasteiger charge is -2.22. The van der Waals surface area contributed by atoms with Gasteiger partial charge in [0, 0.05) is 24.2 Å². The number of nitrogens with zero attached hydrogens (tertiary/aromatic N) is 2. The van der Waals surface area contributed by atoms with Gasteiger partial charge in [0.05, 0.1) is 16.4 Å². The largest absolute Gasteiger partial charge is 0.271 e. The Morgan fingerprint density at radius 2 is 2.25 bits per heavy atom. The molecule has 1 aromatic rings. The van der Waals surface area contributed by atoms with Crippen LogP contribution >= 0.6 is 27.5 Å². The van der Waals surface area contributed by atoms with E-state index in [9.17, 15) is 0 Å². The zero-order valence-corrected chi connectivity index (χ0v) is 12.4. The van der Waals surface area contributed by atoms with Gasteiger partial charge in [-0.15, -0.1) is 6.58 Å². The van der Waals surface area contributed by atoms with Gasteiger partial charge in [0.2, 0.25) is 0 Å². The third-order valence-corrected chi connectivity index (χ3v) is 4.59. The Bertz CT molecular complexity index is 387. The number of aryl methyl sites for hydroxylation is 2. The molecule has 0 saturated carbocycles. The Kier molecular flexibility index (Phi) is 4.62. The van der Waals surface area contributed by atoms with Crippen LogP contribution in [0.15, 0.2) is 12.7 Å². The lowest BCUT2D eigenvalue weighted by atomic mass is 9.88. The molecule has 1 atom stereocenters. The molecule has 0 fully saturated rings. The minimum Gasteiger partial charge on any atom is -0.271 e. The van der Waals surface area contributed by atoms with Crippen LogP contribution in [0.5, 0.6) is 0 Å². The molecule has 1 unspecified atom stereocenters. The zero-order chi connectivity index (χ0) is 12.3. The number of halogens is 2. The van der Waals surface area contributed by atoms with Crippen molar-refractivity contribution in [3.63, 3.8) is 0 Å². The molecule has 90 valence electrons. The molecular weight excluding hydrogens is 288 g/mol. The fourth-order valence-electron chi connectivity index (χ4n) is 1.57. The molecule has 0 bridgehead atoms. The van der Waals surface area contributed by atoms with Crippen LogP contribution in [0.1, 0.15) is 25.2 Å². The van der Waals surface area contributed by atoms with E-state index in [0.29, 0.717) is 0 Å². The molecule has 0 aliphatic carbocycles. The average Bonchev–Trinajstić information content (AvgIpc) is 2.56. The number of allylic oxidation sites excluding steroid dienone is 1. The van der Waals surface area contributed by atoms with E-state index in [1.807, 2.05) is 17.8 Å².